The Morgan fingerprint density at radius 3 is 2.53 bits per heavy atom. The maximum absolute atomic E-state index is 12.5. The SMILES string of the molecule is O[C@@H](c1cccnc1N1CCCC1)C(F)(F)F. The number of nitrogens with zero attached hydrogens (tertiary/aromatic N) is 2. The minimum absolute atomic E-state index is 0.165. The van der Waals surface area contributed by atoms with Crippen LogP contribution < -0.4 is 4.90 Å². The number of alkyl halides is 3. The van der Waals surface area contributed by atoms with E-state index in [9.17, 15) is 18.3 Å². The smallest absolute Gasteiger partial charge is 0.379 e. The van der Waals surface area contributed by atoms with Crippen LogP contribution in [0, 0.1) is 0 Å². The summed E-state index contributed by atoms with van der Waals surface area (Å²) in [5.74, 6) is 0.245. The number of halogens is 3. The summed E-state index contributed by atoms with van der Waals surface area (Å²) >= 11 is 0. The normalized spacial score (nSPS) is 18.5. The number of aliphatic hydroxyl groups excluding tert-OH is 1. The van der Waals surface area contributed by atoms with Gasteiger partial charge in [0.25, 0.3) is 0 Å². The molecule has 1 aliphatic rings. The third-order valence-corrected chi connectivity index (χ3v) is 2.83. The van der Waals surface area contributed by atoms with Crippen LogP contribution in [0.25, 0.3) is 0 Å². The summed E-state index contributed by atoms with van der Waals surface area (Å²) in [7, 11) is 0. The van der Waals surface area contributed by atoms with Crippen LogP contribution in [0.4, 0.5) is 19.0 Å². The third kappa shape index (κ3) is 2.52. The minimum Gasteiger partial charge on any atom is -0.379 e. The second-order valence-corrected chi connectivity index (χ2v) is 4.05. The lowest BCUT2D eigenvalue weighted by Crippen LogP contribution is -2.26. The van der Waals surface area contributed by atoms with E-state index in [1.807, 2.05) is 0 Å². The zero-order valence-electron chi connectivity index (χ0n) is 9.11. The predicted molar refractivity (Wildman–Crippen MR) is 56.7 cm³/mol. The van der Waals surface area contributed by atoms with Crippen molar-refractivity contribution in [1.82, 2.24) is 4.98 Å². The van der Waals surface area contributed by atoms with Crippen molar-refractivity contribution >= 4 is 5.82 Å². The molecule has 94 valence electrons. The van der Waals surface area contributed by atoms with Crippen LogP contribution in [0.3, 0.4) is 0 Å². The quantitative estimate of drug-likeness (QED) is 0.869. The minimum atomic E-state index is -4.66. The molecule has 0 spiro atoms. The first-order valence-electron chi connectivity index (χ1n) is 5.45. The van der Waals surface area contributed by atoms with Crippen molar-refractivity contribution in [2.45, 2.75) is 25.1 Å². The number of hydrogen-bond donors (Lipinski definition) is 1. The molecule has 1 saturated heterocycles. The van der Waals surface area contributed by atoms with E-state index in [0.717, 1.165) is 12.8 Å². The Morgan fingerprint density at radius 1 is 1.29 bits per heavy atom. The average molecular weight is 246 g/mol. The molecule has 2 heterocycles. The first kappa shape index (κ1) is 12.2. The molecular weight excluding hydrogens is 233 g/mol. The van der Waals surface area contributed by atoms with Crippen LogP contribution in [0.5, 0.6) is 0 Å². The van der Waals surface area contributed by atoms with Gasteiger partial charge in [-0.2, -0.15) is 13.2 Å². The fourth-order valence-corrected chi connectivity index (χ4v) is 1.99. The van der Waals surface area contributed by atoms with Gasteiger partial charge in [-0.15, -0.1) is 0 Å². The number of hydrogen-bond acceptors (Lipinski definition) is 3. The molecule has 1 N–H and O–H groups in total. The highest BCUT2D eigenvalue weighted by Crippen LogP contribution is 2.36. The van der Waals surface area contributed by atoms with Crippen LogP contribution in [-0.2, 0) is 0 Å². The zero-order valence-corrected chi connectivity index (χ0v) is 9.11. The topological polar surface area (TPSA) is 36.4 Å². The molecule has 1 aromatic heterocycles. The highest BCUT2D eigenvalue weighted by atomic mass is 19.4. The summed E-state index contributed by atoms with van der Waals surface area (Å²) in [6, 6.07) is 2.68. The maximum Gasteiger partial charge on any atom is 0.418 e. The van der Waals surface area contributed by atoms with Gasteiger partial charge in [-0.3, -0.25) is 0 Å². The highest BCUT2D eigenvalue weighted by molar-refractivity contribution is 5.49. The molecule has 2 rings (SSSR count). The second kappa shape index (κ2) is 4.52. The first-order valence-corrected chi connectivity index (χ1v) is 5.45. The Balaban J connectivity index is 2.33. The first-order chi connectivity index (χ1) is 8.00. The number of anilines is 1. The summed E-state index contributed by atoms with van der Waals surface area (Å²) in [5, 5.41) is 9.31. The number of pyridine rings is 1. The molecule has 1 atom stereocenters. The Hall–Kier alpha value is -1.30. The van der Waals surface area contributed by atoms with E-state index in [-0.39, 0.29) is 11.4 Å². The van der Waals surface area contributed by atoms with E-state index in [0.29, 0.717) is 13.1 Å². The molecule has 0 aromatic carbocycles. The van der Waals surface area contributed by atoms with Gasteiger partial charge in [0.05, 0.1) is 0 Å². The summed E-state index contributed by atoms with van der Waals surface area (Å²) in [5.41, 5.74) is -0.165. The Labute approximate surface area is 96.9 Å². The summed E-state index contributed by atoms with van der Waals surface area (Å²) in [6.45, 7) is 1.38. The summed E-state index contributed by atoms with van der Waals surface area (Å²) in [6.07, 6.45) is -3.79. The Morgan fingerprint density at radius 2 is 1.94 bits per heavy atom. The van der Waals surface area contributed by atoms with Gasteiger partial charge in [0.1, 0.15) is 5.82 Å². The molecule has 0 radical (unpaired) electrons. The molecule has 0 saturated carbocycles. The van der Waals surface area contributed by atoms with Crippen molar-refractivity contribution in [3.63, 3.8) is 0 Å². The fourth-order valence-electron chi connectivity index (χ4n) is 1.99. The van der Waals surface area contributed by atoms with E-state index in [1.54, 1.807) is 4.90 Å². The van der Waals surface area contributed by atoms with Gasteiger partial charge in [-0.25, -0.2) is 4.98 Å². The highest BCUT2D eigenvalue weighted by Gasteiger charge is 2.41. The predicted octanol–water partition coefficient (Wildman–Crippen LogP) is 2.28. The fraction of sp³-hybridized carbons (Fsp3) is 0.545. The summed E-state index contributed by atoms with van der Waals surface area (Å²) < 4.78 is 37.5. The number of aliphatic hydroxyl groups is 1. The third-order valence-electron chi connectivity index (χ3n) is 2.83. The standard InChI is InChI=1S/C11H13F3N2O/c12-11(13,14)9(17)8-4-3-5-15-10(8)16-6-1-2-7-16/h3-5,9,17H,1-2,6-7H2/t9-/m0/s1. The van der Waals surface area contributed by atoms with E-state index in [2.05, 4.69) is 4.98 Å². The van der Waals surface area contributed by atoms with Crippen molar-refractivity contribution in [3.05, 3.63) is 23.9 Å². The monoisotopic (exact) mass is 246 g/mol. The van der Waals surface area contributed by atoms with Gasteiger partial charge < -0.3 is 10.0 Å². The van der Waals surface area contributed by atoms with Crippen molar-refractivity contribution in [3.8, 4) is 0 Å². The van der Waals surface area contributed by atoms with E-state index >= 15 is 0 Å². The Bertz CT molecular complexity index is 389. The van der Waals surface area contributed by atoms with Gasteiger partial charge >= 0.3 is 6.18 Å². The molecule has 17 heavy (non-hydrogen) atoms. The van der Waals surface area contributed by atoms with Gasteiger partial charge in [0, 0.05) is 24.8 Å². The Kier molecular flexibility index (Phi) is 3.24. The van der Waals surface area contributed by atoms with E-state index in [4.69, 9.17) is 0 Å². The number of aromatic nitrogens is 1. The van der Waals surface area contributed by atoms with Crippen LogP contribution in [0.2, 0.25) is 0 Å². The lowest BCUT2D eigenvalue weighted by Gasteiger charge is -2.23. The molecule has 6 heteroatoms. The van der Waals surface area contributed by atoms with Gasteiger partial charge in [0.15, 0.2) is 6.10 Å². The molecule has 0 aliphatic carbocycles. The van der Waals surface area contributed by atoms with E-state index in [1.165, 1.54) is 18.3 Å². The van der Waals surface area contributed by atoms with Crippen molar-refractivity contribution < 1.29 is 18.3 Å². The van der Waals surface area contributed by atoms with Crippen LogP contribution >= 0.6 is 0 Å². The van der Waals surface area contributed by atoms with Gasteiger partial charge in [-0.05, 0) is 18.9 Å². The largest absolute Gasteiger partial charge is 0.418 e. The molecule has 1 fully saturated rings. The van der Waals surface area contributed by atoms with Crippen LogP contribution in [-0.4, -0.2) is 29.4 Å². The van der Waals surface area contributed by atoms with Gasteiger partial charge in [-0.1, -0.05) is 6.07 Å². The zero-order chi connectivity index (χ0) is 12.5. The molecule has 0 unspecified atom stereocenters. The molecule has 1 aromatic rings. The van der Waals surface area contributed by atoms with Crippen LogP contribution in [0.15, 0.2) is 18.3 Å². The average Bonchev–Trinajstić information content (AvgIpc) is 2.80. The molecule has 0 bridgehead atoms. The van der Waals surface area contributed by atoms with Crippen molar-refractivity contribution in [2.24, 2.45) is 0 Å². The molecule has 0 amide bonds. The lowest BCUT2D eigenvalue weighted by atomic mass is 10.1. The number of rotatable bonds is 2. The molecule has 3 nitrogen and oxygen atoms in total. The molecular formula is C11H13F3N2O. The van der Waals surface area contributed by atoms with Gasteiger partial charge in [0.2, 0.25) is 0 Å². The summed E-state index contributed by atoms with van der Waals surface area (Å²) in [4.78, 5) is 5.74. The van der Waals surface area contributed by atoms with Crippen molar-refractivity contribution in [1.29, 1.82) is 0 Å². The second-order valence-electron chi connectivity index (χ2n) is 4.05. The maximum atomic E-state index is 12.5. The van der Waals surface area contributed by atoms with Crippen LogP contribution in [0.1, 0.15) is 24.5 Å². The lowest BCUT2D eigenvalue weighted by molar-refractivity contribution is -0.206. The van der Waals surface area contributed by atoms with E-state index < -0.39 is 12.3 Å². The molecule has 1 aliphatic heterocycles. The van der Waals surface area contributed by atoms with Crippen molar-refractivity contribution in [2.75, 3.05) is 18.0 Å².